The van der Waals surface area contributed by atoms with Gasteiger partial charge in [-0.25, -0.2) is 5.48 Å². The minimum atomic E-state index is -0.538. The minimum absolute atomic E-state index is 0.385. The number of benzene rings is 2. The second-order valence-electron chi connectivity index (χ2n) is 4.17. The van der Waals surface area contributed by atoms with Crippen molar-refractivity contribution in [3.8, 4) is 11.3 Å². The van der Waals surface area contributed by atoms with Crippen LogP contribution in [0.4, 0.5) is 0 Å². The lowest BCUT2D eigenvalue weighted by Crippen LogP contribution is -2.18. The molecule has 0 saturated heterocycles. The number of hydrogen-bond donors (Lipinski definition) is 2. The van der Waals surface area contributed by atoms with E-state index in [2.05, 4.69) is 0 Å². The summed E-state index contributed by atoms with van der Waals surface area (Å²) in [5, 5.41) is 9.44. The number of carbonyl (C=O) groups excluding carboxylic acids is 1. The van der Waals surface area contributed by atoms with Crippen molar-refractivity contribution in [3.63, 3.8) is 0 Å². The highest BCUT2D eigenvalue weighted by molar-refractivity contribution is 5.97. The molecule has 0 unspecified atom stereocenters. The van der Waals surface area contributed by atoms with E-state index in [1.54, 1.807) is 23.7 Å². The maximum Gasteiger partial charge on any atom is 0.274 e. The van der Waals surface area contributed by atoms with Crippen molar-refractivity contribution in [2.75, 3.05) is 0 Å². The Morgan fingerprint density at radius 1 is 1.05 bits per heavy atom. The van der Waals surface area contributed by atoms with E-state index in [9.17, 15) is 4.79 Å². The van der Waals surface area contributed by atoms with Gasteiger partial charge in [0.1, 0.15) is 11.3 Å². The molecule has 2 N–H and O–H groups in total. The third kappa shape index (κ3) is 2.09. The zero-order valence-electron chi connectivity index (χ0n) is 9.96. The van der Waals surface area contributed by atoms with Crippen molar-refractivity contribution >= 4 is 16.9 Å². The van der Waals surface area contributed by atoms with Gasteiger partial charge < -0.3 is 4.42 Å². The van der Waals surface area contributed by atoms with Crippen molar-refractivity contribution in [1.82, 2.24) is 5.48 Å². The molecule has 0 saturated carbocycles. The van der Waals surface area contributed by atoms with E-state index in [1.807, 2.05) is 36.4 Å². The van der Waals surface area contributed by atoms with Crippen LogP contribution in [0.25, 0.3) is 22.3 Å². The number of carbonyl (C=O) groups is 1. The summed E-state index contributed by atoms with van der Waals surface area (Å²) in [6.45, 7) is 0. The lowest BCUT2D eigenvalue weighted by atomic mass is 10.1. The summed E-state index contributed by atoms with van der Waals surface area (Å²) in [7, 11) is 0. The van der Waals surface area contributed by atoms with Crippen molar-refractivity contribution in [1.29, 1.82) is 0 Å². The number of rotatable bonds is 2. The van der Waals surface area contributed by atoms with Crippen molar-refractivity contribution in [2.24, 2.45) is 0 Å². The molecule has 0 bridgehead atoms. The minimum Gasteiger partial charge on any atom is -0.456 e. The maximum absolute atomic E-state index is 11.3. The molecule has 2 aromatic carbocycles. The number of amides is 1. The Balaban J connectivity index is 2.09. The van der Waals surface area contributed by atoms with Crippen LogP contribution in [0.2, 0.25) is 0 Å². The molecule has 94 valence electrons. The molecule has 0 fully saturated rings. The maximum atomic E-state index is 11.3. The van der Waals surface area contributed by atoms with E-state index in [0.29, 0.717) is 11.1 Å². The standard InChI is InChI=1S/C15H11NO3/c17-15(16-18)11-6-7-13-12(8-11)9-14(19-13)10-4-2-1-3-5-10/h1-9,18H,(H,16,17). The first kappa shape index (κ1) is 11.5. The Bertz CT molecular complexity index is 731. The fourth-order valence-corrected chi connectivity index (χ4v) is 1.99. The average Bonchev–Trinajstić information content (AvgIpc) is 2.90. The van der Waals surface area contributed by atoms with Crippen LogP contribution in [0, 0.1) is 0 Å². The quantitative estimate of drug-likeness (QED) is 0.544. The Kier molecular flexibility index (Phi) is 2.78. The molecule has 0 spiro atoms. The Hall–Kier alpha value is -2.59. The van der Waals surface area contributed by atoms with Crippen LogP contribution >= 0.6 is 0 Å². The Morgan fingerprint density at radius 2 is 1.84 bits per heavy atom. The predicted octanol–water partition coefficient (Wildman–Crippen LogP) is 3.22. The van der Waals surface area contributed by atoms with E-state index in [0.717, 1.165) is 16.7 Å². The lowest BCUT2D eigenvalue weighted by molar-refractivity contribution is 0.0706. The van der Waals surface area contributed by atoms with Gasteiger partial charge in [-0.1, -0.05) is 30.3 Å². The molecule has 3 rings (SSSR count). The monoisotopic (exact) mass is 253 g/mol. The number of hydrogen-bond acceptors (Lipinski definition) is 3. The van der Waals surface area contributed by atoms with Gasteiger partial charge in [-0.3, -0.25) is 10.0 Å². The molecule has 3 aromatic rings. The summed E-state index contributed by atoms with van der Waals surface area (Å²) < 4.78 is 5.73. The smallest absolute Gasteiger partial charge is 0.274 e. The second kappa shape index (κ2) is 4.59. The van der Waals surface area contributed by atoms with Gasteiger partial charge in [-0.2, -0.15) is 0 Å². The van der Waals surface area contributed by atoms with Gasteiger partial charge in [0.25, 0.3) is 5.91 Å². The van der Waals surface area contributed by atoms with Gasteiger partial charge in [0.2, 0.25) is 0 Å². The number of hydroxylamine groups is 1. The summed E-state index contributed by atoms with van der Waals surface area (Å²) in [5.41, 5.74) is 3.68. The van der Waals surface area contributed by atoms with Gasteiger partial charge in [0.05, 0.1) is 0 Å². The van der Waals surface area contributed by atoms with E-state index in [1.165, 1.54) is 0 Å². The molecule has 0 atom stereocenters. The SMILES string of the molecule is O=C(NO)c1ccc2oc(-c3ccccc3)cc2c1. The van der Waals surface area contributed by atoms with Crippen LogP contribution in [0.5, 0.6) is 0 Å². The first-order chi connectivity index (χ1) is 9.28. The molecule has 19 heavy (non-hydrogen) atoms. The van der Waals surface area contributed by atoms with Gasteiger partial charge in [0.15, 0.2) is 0 Å². The van der Waals surface area contributed by atoms with Crippen molar-refractivity contribution in [3.05, 3.63) is 60.2 Å². The largest absolute Gasteiger partial charge is 0.456 e. The summed E-state index contributed by atoms with van der Waals surface area (Å²) in [6, 6.07) is 16.6. The molecular formula is C15H11NO3. The topological polar surface area (TPSA) is 62.5 Å². The van der Waals surface area contributed by atoms with Crippen molar-refractivity contribution < 1.29 is 14.4 Å². The average molecular weight is 253 g/mol. The third-order valence-electron chi connectivity index (χ3n) is 2.94. The fourth-order valence-electron chi connectivity index (χ4n) is 1.99. The zero-order valence-corrected chi connectivity index (χ0v) is 9.96. The van der Waals surface area contributed by atoms with E-state index in [-0.39, 0.29) is 0 Å². The summed E-state index contributed by atoms with van der Waals surface area (Å²) >= 11 is 0. The highest BCUT2D eigenvalue weighted by atomic mass is 16.5. The lowest BCUT2D eigenvalue weighted by Gasteiger charge is -1.97. The van der Waals surface area contributed by atoms with Gasteiger partial charge >= 0.3 is 0 Å². The van der Waals surface area contributed by atoms with E-state index >= 15 is 0 Å². The second-order valence-corrected chi connectivity index (χ2v) is 4.17. The van der Waals surface area contributed by atoms with Gasteiger partial charge in [-0.05, 0) is 24.3 Å². The van der Waals surface area contributed by atoms with Gasteiger partial charge in [-0.15, -0.1) is 0 Å². The molecule has 0 aliphatic heterocycles. The number of nitrogens with one attached hydrogen (secondary N) is 1. The highest BCUT2D eigenvalue weighted by Gasteiger charge is 2.09. The Labute approximate surface area is 109 Å². The van der Waals surface area contributed by atoms with Crippen LogP contribution in [0.3, 0.4) is 0 Å². The van der Waals surface area contributed by atoms with Gasteiger partial charge in [0, 0.05) is 16.5 Å². The molecule has 1 heterocycles. The summed E-state index contributed by atoms with van der Waals surface area (Å²) in [4.78, 5) is 11.3. The normalized spacial score (nSPS) is 10.6. The highest BCUT2D eigenvalue weighted by Crippen LogP contribution is 2.28. The molecule has 0 radical (unpaired) electrons. The predicted molar refractivity (Wildman–Crippen MR) is 70.9 cm³/mol. The van der Waals surface area contributed by atoms with E-state index in [4.69, 9.17) is 9.62 Å². The molecule has 4 nitrogen and oxygen atoms in total. The van der Waals surface area contributed by atoms with Crippen molar-refractivity contribution in [2.45, 2.75) is 0 Å². The first-order valence-corrected chi connectivity index (χ1v) is 5.81. The zero-order chi connectivity index (χ0) is 13.2. The summed E-state index contributed by atoms with van der Waals surface area (Å²) in [6.07, 6.45) is 0. The fraction of sp³-hybridized carbons (Fsp3) is 0. The summed E-state index contributed by atoms with van der Waals surface area (Å²) in [5.74, 6) is 0.210. The third-order valence-corrected chi connectivity index (χ3v) is 2.94. The Morgan fingerprint density at radius 3 is 2.58 bits per heavy atom. The van der Waals surface area contributed by atoms with Crippen LogP contribution < -0.4 is 5.48 Å². The molecule has 1 amide bonds. The number of fused-ring (bicyclic) bond motifs is 1. The molecular weight excluding hydrogens is 242 g/mol. The van der Waals surface area contributed by atoms with Crippen LogP contribution in [-0.2, 0) is 0 Å². The number of furan rings is 1. The first-order valence-electron chi connectivity index (χ1n) is 5.81. The van der Waals surface area contributed by atoms with Crippen LogP contribution in [-0.4, -0.2) is 11.1 Å². The van der Waals surface area contributed by atoms with E-state index < -0.39 is 5.91 Å². The van der Waals surface area contributed by atoms with Crippen LogP contribution in [0.1, 0.15) is 10.4 Å². The molecule has 1 aromatic heterocycles. The molecule has 0 aliphatic carbocycles. The molecule has 0 aliphatic rings. The molecule has 4 heteroatoms. The van der Waals surface area contributed by atoms with Crippen LogP contribution in [0.15, 0.2) is 59.0 Å².